The van der Waals surface area contributed by atoms with Gasteiger partial charge < -0.3 is 15.5 Å². The van der Waals surface area contributed by atoms with Crippen LogP contribution in [0.25, 0.3) is 0 Å². The summed E-state index contributed by atoms with van der Waals surface area (Å²) in [5.74, 6) is 0.000558. The van der Waals surface area contributed by atoms with E-state index in [1.165, 1.54) is 0 Å². The molecule has 1 fully saturated rings. The number of dihydropyridines is 1. The second-order valence-corrected chi connectivity index (χ2v) is 4.60. The maximum absolute atomic E-state index is 12.2. The maximum atomic E-state index is 12.2. The van der Waals surface area contributed by atoms with Gasteiger partial charge in [0.2, 0.25) is 5.91 Å². The lowest BCUT2D eigenvalue weighted by atomic mass is 10.1. The highest BCUT2D eigenvalue weighted by Gasteiger charge is 2.27. The molecule has 2 aliphatic heterocycles. The molecule has 2 rings (SSSR count). The van der Waals surface area contributed by atoms with E-state index < -0.39 is 6.04 Å². The lowest BCUT2D eigenvalue weighted by Crippen LogP contribution is -2.48. The van der Waals surface area contributed by atoms with Crippen LogP contribution >= 0.6 is 0 Å². The second-order valence-electron chi connectivity index (χ2n) is 4.60. The van der Waals surface area contributed by atoms with Crippen molar-refractivity contribution in [3.8, 4) is 0 Å². The van der Waals surface area contributed by atoms with Gasteiger partial charge in [0.05, 0.1) is 6.04 Å². The van der Waals surface area contributed by atoms with Gasteiger partial charge in [-0.2, -0.15) is 0 Å². The van der Waals surface area contributed by atoms with E-state index in [0.29, 0.717) is 13.0 Å². The van der Waals surface area contributed by atoms with Crippen LogP contribution in [0.5, 0.6) is 0 Å². The number of allylic oxidation sites excluding steroid dienone is 2. The molecule has 0 aliphatic carbocycles. The molecule has 2 aliphatic rings. The lowest BCUT2D eigenvalue weighted by Gasteiger charge is -2.28. The molecule has 0 saturated carbocycles. The molecular formula is C13H18N3O2. The second kappa shape index (κ2) is 6.23. The van der Waals surface area contributed by atoms with Gasteiger partial charge in [0, 0.05) is 13.1 Å². The third kappa shape index (κ3) is 3.12. The SMILES string of the molecule is O=[C]N[C@H]1CCCCN(CC2C=CC=CN2)C1=O. The fraction of sp³-hybridized carbons (Fsp3) is 0.538. The number of carbonyl (C=O) groups excluding carboxylic acids is 2. The molecule has 2 N–H and O–H groups in total. The Balaban J connectivity index is 1.96. The third-order valence-corrected chi connectivity index (χ3v) is 3.29. The van der Waals surface area contributed by atoms with Crippen molar-refractivity contribution in [2.24, 2.45) is 0 Å². The zero-order chi connectivity index (χ0) is 12.8. The van der Waals surface area contributed by atoms with Gasteiger partial charge in [-0.25, -0.2) is 0 Å². The molecule has 0 aromatic carbocycles. The number of hydrogen-bond acceptors (Lipinski definition) is 3. The van der Waals surface area contributed by atoms with Crippen molar-refractivity contribution in [1.29, 1.82) is 0 Å². The zero-order valence-corrected chi connectivity index (χ0v) is 10.3. The van der Waals surface area contributed by atoms with E-state index in [9.17, 15) is 9.59 Å². The average Bonchev–Trinajstić information content (AvgIpc) is 2.56. The van der Waals surface area contributed by atoms with Crippen LogP contribution < -0.4 is 10.6 Å². The minimum atomic E-state index is -0.409. The summed E-state index contributed by atoms with van der Waals surface area (Å²) in [4.78, 5) is 24.4. The van der Waals surface area contributed by atoms with Gasteiger partial charge in [0.15, 0.2) is 0 Å². The van der Waals surface area contributed by atoms with E-state index in [0.717, 1.165) is 19.4 Å². The van der Waals surface area contributed by atoms with Gasteiger partial charge >= 0.3 is 6.41 Å². The highest BCUT2D eigenvalue weighted by molar-refractivity contribution is 5.84. The van der Waals surface area contributed by atoms with Crippen LogP contribution in [0.4, 0.5) is 0 Å². The number of nitrogens with zero attached hydrogens (tertiary/aromatic N) is 1. The van der Waals surface area contributed by atoms with E-state index in [2.05, 4.69) is 10.6 Å². The number of nitrogens with one attached hydrogen (secondary N) is 2. The first-order valence-corrected chi connectivity index (χ1v) is 6.32. The number of carbonyl (C=O) groups is 1. The molecule has 0 bridgehead atoms. The van der Waals surface area contributed by atoms with Crippen LogP contribution in [0.3, 0.4) is 0 Å². The van der Waals surface area contributed by atoms with E-state index in [1.54, 1.807) is 6.41 Å². The summed E-state index contributed by atoms with van der Waals surface area (Å²) in [6.07, 6.45) is 12.1. The molecule has 2 heterocycles. The molecule has 2 amide bonds. The molecule has 0 spiro atoms. The molecule has 1 radical (unpaired) electrons. The van der Waals surface area contributed by atoms with Crippen molar-refractivity contribution in [1.82, 2.24) is 15.5 Å². The molecule has 1 unspecified atom stereocenters. The molecule has 18 heavy (non-hydrogen) atoms. The van der Waals surface area contributed by atoms with Gasteiger partial charge in [-0.05, 0) is 31.5 Å². The van der Waals surface area contributed by atoms with Gasteiger partial charge in [-0.15, -0.1) is 0 Å². The van der Waals surface area contributed by atoms with Crippen LogP contribution in [-0.2, 0) is 9.59 Å². The van der Waals surface area contributed by atoms with Crippen LogP contribution in [0.1, 0.15) is 19.3 Å². The van der Waals surface area contributed by atoms with Crippen LogP contribution in [0.15, 0.2) is 24.4 Å². The largest absolute Gasteiger partial charge is 0.383 e. The van der Waals surface area contributed by atoms with Crippen LogP contribution in [0.2, 0.25) is 0 Å². The summed E-state index contributed by atoms with van der Waals surface area (Å²) in [5.41, 5.74) is 0. The van der Waals surface area contributed by atoms with Crippen molar-refractivity contribution in [2.45, 2.75) is 31.3 Å². The number of amides is 2. The molecule has 0 aromatic rings. The Labute approximate surface area is 107 Å². The molecule has 2 atom stereocenters. The molecule has 1 saturated heterocycles. The first kappa shape index (κ1) is 12.7. The topological polar surface area (TPSA) is 61.4 Å². The van der Waals surface area contributed by atoms with Crippen molar-refractivity contribution in [2.75, 3.05) is 13.1 Å². The summed E-state index contributed by atoms with van der Waals surface area (Å²) in [6, 6.07) is -0.258. The minimum Gasteiger partial charge on any atom is -0.383 e. The molecular weight excluding hydrogens is 230 g/mol. The van der Waals surface area contributed by atoms with Crippen molar-refractivity contribution in [3.05, 3.63) is 24.4 Å². The van der Waals surface area contributed by atoms with Crippen LogP contribution in [-0.4, -0.2) is 42.4 Å². The average molecular weight is 248 g/mol. The first-order chi connectivity index (χ1) is 8.81. The van der Waals surface area contributed by atoms with Crippen molar-refractivity contribution in [3.63, 3.8) is 0 Å². The van der Waals surface area contributed by atoms with E-state index in [1.807, 2.05) is 29.3 Å². The number of rotatable bonds is 4. The van der Waals surface area contributed by atoms with Gasteiger partial charge in [-0.1, -0.05) is 12.2 Å². The fourth-order valence-electron chi connectivity index (χ4n) is 2.33. The van der Waals surface area contributed by atoms with Gasteiger partial charge in [0.25, 0.3) is 0 Å². The summed E-state index contributed by atoms with van der Waals surface area (Å²) in [6.45, 7) is 1.39. The van der Waals surface area contributed by atoms with Crippen molar-refractivity contribution >= 4 is 12.3 Å². The Morgan fingerprint density at radius 2 is 2.33 bits per heavy atom. The Morgan fingerprint density at radius 3 is 3.06 bits per heavy atom. The first-order valence-electron chi connectivity index (χ1n) is 6.32. The fourth-order valence-corrected chi connectivity index (χ4v) is 2.33. The predicted octanol–water partition coefficient (Wildman–Crippen LogP) is 0.0660. The molecule has 5 heteroatoms. The monoisotopic (exact) mass is 248 g/mol. The minimum absolute atomic E-state index is 0.000558. The van der Waals surface area contributed by atoms with E-state index in [4.69, 9.17) is 0 Å². The molecule has 0 aromatic heterocycles. The van der Waals surface area contributed by atoms with E-state index >= 15 is 0 Å². The Hall–Kier alpha value is -1.78. The molecule has 5 nitrogen and oxygen atoms in total. The highest BCUT2D eigenvalue weighted by atomic mass is 16.2. The van der Waals surface area contributed by atoms with Gasteiger partial charge in [0.1, 0.15) is 6.04 Å². The highest BCUT2D eigenvalue weighted by Crippen LogP contribution is 2.13. The van der Waals surface area contributed by atoms with Crippen molar-refractivity contribution < 1.29 is 9.59 Å². The number of likely N-dealkylation sites (tertiary alicyclic amines) is 1. The quantitative estimate of drug-likeness (QED) is 0.692. The Morgan fingerprint density at radius 1 is 1.44 bits per heavy atom. The lowest BCUT2D eigenvalue weighted by molar-refractivity contribution is -0.132. The van der Waals surface area contributed by atoms with Crippen LogP contribution in [0, 0.1) is 0 Å². The predicted molar refractivity (Wildman–Crippen MR) is 68.3 cm³/mol. The smallest absolute Gasteiger partial charge is 0.309 e. The summed E-state index contributed by atoms with van der Waals surface area (Å²) in [7, 11) is 0. The summed E-state index contributed by atoms with van der Waals surface area (Å²) >= 11 is 0. The van der Waals surface area contributed by atoms with Gasteiger partial charge in [-0.3, -0.25) is 9.59 Å². The summed E-state index contributed by atoms with van der Waals surface area (Å²) in [5, 5.41) is 5.69. The normalized spacial score (nSPS) is 27.6. The standard InChI is InChI=1S/C13H18N3O2/c17-10-15-12-6-2-4-8-16(13(12)18)9-11-5-1-3-7-14-11/h1,3,5,7,11-12,14H,2,4,6,8-9H2,(H,15,17)/t11?,12-/m0/s1. The number of hydrogen-bond donors (Lipinski definition) is 2. The molecule has 97 valence electrons. The Bertz CT molecular complexity index is 365. The summed E-state index contributed by atoms with van der Waals surface area (Å²) < 4.78 is 0. The third-order valence-electron chi connectivity index (χ3n) is 3.29. The van der Waals surface area contributed by atoms with E-state index in [-0.39, 0.29) is 11.9 Å². The zero-order valence-electron chi connectivity index (χ0n) is 10.3. The Kier molecular flexibility index (Phi) is 4.39. The maximum Gasteiger partial charge on any atom is 0.309 e.